The van der Waals surface area contributed by atoms with Gasteiger partial charge in [0.2, 0.25) is 5.91 Å². The molecule has 2 aromatic carbocycles. The van der Waals surface area contributed by atoms with Crippen LogP contribution in [0.3, 0.4) is 0 Å². The Kier molecular flexibility index (Phi) is 5.47. The average Bonchev–Trinajstić information content (AvgIpc) is 2.67. The van der Waals surface area contributed by atoms with Crippen molar-refractivity contribution in [1.82, 2.24) is 0 Å². The molecule has 27 heavy (non-hydrogen) atoms. The van der Waals surface area contributed by atoms with Gasteiger partial charge in [-0.15, -0.1) is 0 Å². The zero-order valence-electron chi connectivity index (χ0n) is 15.1. The summed E-state index contributed by atoms with van der Waals surface area (Å²) in [6.45, 7) is 1.12. The molecule has 1 amide bonds. The molecule has 140 valence electrons. The Morgan fingerprint density at radius 3 is 2.59 bits per heavy atom. The van der Waals surface area contributed by atoms with Gasteiger partial charge in [-0.25, -0.2) is 8.42 Å². The van der Waals surface area contributed by atoms with Crippen molar-refractivity contribution in [3.8, 4) is 6.07 Å². The fraction of sp³-hybridized carbons (Fsp3) is 0.300. The third kappa shape index (κ3) is 4.29. The molecule has 0 spiro atoms. The molecule has 1 N–H and O–H groups in total. The Labute approximate surface area is 159 Å². The molecule has 1 fully saturated rings. The second kappa shape index (κ2) is 7.80. The quantitative estimate of drug-likeness (QED) is 0.877. The van der Waals surface area contributed by atoms with E-state index < -0.39 is 9.84 Å². The van der Waals surface area contributed by atoms with Gasteiger partial charge in [-0.05, 0) is 37.1 Å². The Bertz CT molecular complexity index is 981. The van der Waals surface area contributed by atoms with Crippen LogP contribution >= 0.6 is 0 Å². The smallest absolute Gasteiger partial charge is 0.229 e. The minimum atomic E-state index is -3.51. The van der Waals surface area contributed by atoms with E-state index in [0.29, 0.717) is 18.8 Å². The number of hydrogen-bond acceptors (Lipinski definition) is 5. The highest BCUT2D eigenvalue weighted by atomic mass is 32.2. The van der Waals surface area contributed by atoms with Crippen molar-refractivity contribution in [2.45, 2.75) is 17.7 Å². The van der Waals surface area contributed by atoms with E-state index in [0.717, 1.165) is 24.8 Å². The van der Waals surface area contributed by atoms with Gasteiger partial charge in [0.15, 0.2) is 9.84 Å². The number of rotatable bonds is 4. The van der Waals surface area contributed by atoms with Crippen LogP contribution in [0.5, 0.6) is 0 Å². The van der Waals surface area contributed by atoms with E-state index in [1.165, 1.54) is 6.07 Å². The largest absolute Gasteiger partial charge is 0.370 e. The minimum Gasteiger partial charge on any atom is -0.370 e. The van der Waals surface area contributed by atoms with Crippen molar-refractivity contribution in [3.05, 3.63) is 54.1 Å². The topological polar surface area (TPSA) is 90.3 Å². The monoisotopic (exact) mass is 383 g/mol. The highest BCUT2D eigenvalue weighted by Gasteiger charge is 2.28. The van der Waals surface area contributed by atoms with E-state index in [4.69, 9.17) is 0 Å². The summed E-state index contributed by atoms with van der Waals surface area (Å²) in [6, 6.07) is 16.1. The molecule has 0 aliphatic carbocycles. The van der Waals surface area contributed by atoms with Crippen LogP contribution in [0.1, 0.15) is 18.4 Å². The number of piperidine rings is 1. The number of nitriles is 1. The summed E-state index contributed by atoms with van der Waals surface area (Å²) >= 11 is 0. The first-order chi connectivity index (χ1) is 12.9. The van der Waals surface area contributed by atoms with Gasteiger partial charge >= 0.3 is 0 Å². The summed E-state index contributed by atoms with van der Waals surface area (Å²) in [5, 5.41) is 12.5. The van der Waals surface area contributed by atoms with Crippen molar-refractivity contribution in [2.75, 3.05) is 29.6 Å². The molecule has 0 saturated carbocycles. The molecular weight excluding hydrogens is 362 g/mol. The molecule has 3 rings (SSSR count). The zero-order valence-corrected chi connectivity index (χ0v) is 15.9. The summed E-state index contributed by atoms with van der Waals surface area (Å²) in [4.78, 5) is 14.6. The van der Waals surface area contributed by atoms with Gasteiger partial charge in [0.25, 0.3) is 0 Å². The summed E-state index contributed by atoms with van der Waals surface area (Å²) in [6.07, 6.45) is 2.64. The van der Waals surface area contributed by atoms with Gasteiger partial charge in [0, 0.05) is 25.0 Å². The predicted molar refractivity (Wildman–Crippen MR) is 104 cm³/mol. The van der Waals surface area contributed by atoms with E-state index in [1.807, 2.05) is 41.3 Å². The van der Waals surface area contributed by atoms with Gasteiger partial charge < -0.3 is 10.2 Å². The van der Waals surface area contributed by atoms with E-state index in [9.17, 15) is 18.5 Å². The van der Waals surface area contributed by atoms with Crippen LogP contribution in [-0.4, -0.2) is 33.7 Å². The van der Waals surface area contributed by atoms with E-state index >= 15 is 0 Å². The lowest BCUT2D eigenvalue weighted by Crippen LogP contribution is -2.41. The maximum absolute atomic E-state index is 12.6. The summed E-state index contributed by atoms with van der Waals surface area (Å²) in [7, 11) is -3.51. The third-order valence-electron chi connectivity index (χ3n) is 4.69. The summed E-state index contributed by atoms with van der Waals surface area (Å²) in [5.74, 6) is -0.295. The molecule has 0 bridgehead atoms. The molecule has 1 aliphatic rings. The second-order valence-corrected chi connectivity index (χ2v) is 8.66. The van der Waals surface area contributed by atoms with Gasteiger partial charge in [0.1, 0.15) is 6.07 Å². The Hall–Kier alpha value is -2.85. The summed E-state index contributed by atoms with van der Waals surface area (Å²) < 4.78 is 24.0. The maximum Gasteiger partial charge on any atom is 0.229 e. The Morgan fingerprint density at radius 2 is 1.93 bits per heavy atom. The first-order valence-corrected chi connectivity index (χ1v) is 10.6. The first kappa shape index (κ1) is 18.9. The number of carbonyl (C=O) groups excluding carboxylic acids is 1. The molecule has 1 aliphatic heterocycles. The fourth-order valence-electron chi connectivity index (χ4n) is 3.38. The molecule has 0 aromatic heterocycles. The number of sulfone groups is 1. The van der Waals surface area contributed by atoms with Crippen LogP contribution in [0.2, 0.25) is 0 Å². The van der Waals surface area contributed by atoms with Crippen molar-refractivity contribution >= 4 is 27.1 Å². The van der Waals surface area contributed by atoms with Crippen molar-refractivity contribution in [3.63, 3.8) is 0 Å². The number of benzene rings is 2. The van der Waals surface area contributed by atoms with E-state index in [1.54, 1.807) is 12.1 Å². The van der Waals surface area contributed by atoms with Gasteiger partial charge in [-0.3, -0.25) is 4.79 Å². The molecule has 0 radical (unpaired) electrons. The lowest BCUT2D eigenvalue weighted by Gasteiger charge is -2.34. The van der Waals surface area contributed by atoms with Crippen molar-refractivity contribution < 1.29 is 13.2 Å². The van der Waals surface area contributed by atoms with Gasteiger partial charge in [0.05, 0.1) is 22.1 Å². The fourth-order valence-corrected chi connectivity index (χ4v) is 4.23. The molecule has 0 unspecified atom stereocenters. The maximum atomic E-state index is 12.6. The molecule has 1 atom stereocenters. The van der Waals surface area contributed by atoms with E-state index in [-0.39, 0.29) is 22.3 Å². The standard InChI is InChI=1S/C20H21N3O3S/c1-27(25,26)19-11-5-10-18(17(19)13-21)23-12-6-7-15(14-23)20(24)22-16-8-3-2-4-9-16/h2-5,8-11,15H,6-7,12,14H2,1H3,(H,22,24)/t15-/m0/s1. The number of anilines is 2. The lowest BCUT2D eigenvalue weighted by molar-refractivity contribution is -0.120. The number of amides is 1. The van der Waals surface area contributed by atoms with Crippen LogP contribution < -0.4 is 10.2 Å². The molecule has 7 heteroatoms. The molecule has 1 saturated heterocycles. The zero-order chi connectivity index (χ0) is 19.4. The number of nitrogens with one attached hydrogen (secondary N) is 1. The SMILES string of the molecule is CS(=O)(=O)c1cccc(N2CCC[C@H](C(=O)Nc3ccccc3)C2)c1C#N. The first-order valence-electron chi connectivity index (χ1n) is 8.74. The Balaban J connectivity index is 1.83. The normalized spacial score (nSPS) is 17.2. The third-order valence-corrected chi connectivity index (χ3v) is 5.83. The summed E-state index contributed by atoms with van der Waals surface area (Å²) in [5.41, 5.74) is 1.46. The predicted octanol–water partition coefficient (Wildman–Crippen LogP) is 2.82. The number of hydrogen-bond donors (Lipinski definition) is 1. The molecular formula is C20H21N3O3S. The minimum absolute atomic E-state index is 0.0263. The van der Waals surface area contributed by atoms with Crippen LogP contribution in [0.4, 0.5) is 11.4 Å². The highest BCUT2D eigenvalue weighted by molar-refractivity contribution is 7.90. The highest BCUT2D eigenvalue weighted by Crippen LogP contribution is 2.30. The second-order valence-electron chi connectivity index (χ2n) is 6.67. The molecule has 1 heterocycles. The van der Waals surface area contributed by atoms with Gasteiger partial charge in [-0.2, -0.15) is 5.26 Å². The number of para-hydroxylation sites is 1. The van der Waals surface area contributed by atoms with Gasteiger partial charge in [-0.1, -0.05) is 24.3 Å². The molecule has 2 aromatic rings. The average molecular weight is 383 g/mol. The van der Waals surface area contributed by atoms with Crippen molar-refractivity contribution in [2.24, 2.45) is 5.92 Å². The lowest BCUT2D eigenvalue weighted by atomic mass is 9.96. The number of nitrogens with zero attached hydrogens (tertiary/aromatic N) is 2. The Morgan fingerprint density at radius 1 is 1.19 bits per heavy atom. The number of carbonyl (C=O) groups is 1. The van der Waals surface area contributed by atoms with Crippen LogP contribution in [0, 0.1) is 17.2 Å². The van der Waals surface area contributed by atoms with Crippen molar-refractivity contribution in [1.29, 1.82) is 5.26 Å². The molecule has 6 nitrogen and oxygen atoms in total. The van der Waals surface area contributed by atoms with Crippen LogP contribution in [0.25, 0.3) is 0 Å². The van der Waals surface area contributed by atoms with Crippen LogP contribution in [0.15, 0.2) is 53.4 Å². The van der Waals surface area contributed by atoms with Crippen LogP contribution in [-0.2, 0) is 14.6 Å². The van der Waals surface area contributed by atoms with E-state index in [2.05, 4.69) is 5.32 Å².